The molecule has 1 amide bonds. The van der Waals surface area contributed by atoms with Gasteiger partial charge >= 0.3 is 0 Å². The highest BCUT2D eigenvalue weighted by atomic mass is 32.2. The van der Waals surface area contributed by atoms with Crippen LogP contribution in [0.5, 0.6) is 0 Å². The number of carbonyl (C=O) groups excluding carboxylic acids is 1. The average Bonchev–Trinajstić information content (AvgIpc) is 2.85. The molecule has 0 aromatic heterocycles. The maximum Gasteiger partial charge on any atom is 0.293 e. The Morgan fingerprint density at radius 3 is 2.29 bits per heavy atom. The Hall–Kier alpha value is -3.02. The molecule has 11 heteroatoms. The molecule has 0 saturated carbocycles. The van der Waals surface area contributed by atoms with Gasteiger partial charge in [-0.15, -0.1) is 0 Å². The van der Waals surface area contributed by atoms with E-state index in [1.165, 1.54) is 10.4 Å². The second-order valence-electron chi connectivity index (χ2n) is 8.53. The number of nitrogens with zero attached hydrogens (tertiary/aromatic N) is 4. The Kier molecular flexibility index (Phi) is 6.87. The maximum atomic E-state index is 13.1. The Bertz CT molecular complexity index is 1200. The number of anilines is 1. The summed E-state index contributed by atoms with van der Waals surface area (Å²) in [6.45, 7) is 6.43. The van der Waals surface area contributed by atoms with Crippen LogP contribution in [0.15, 0.2) is 41.3 Å². The summed E-state index contributed by atoms with van der Waals surface area (Å²) >= 11 is 0. The maximum absolute atomic E-state index is 13.1. The van der Waals surface area contributed by atoms with Crippen molar-refractivity contribution < 1.29 is 22.9 Å². The van der Waals surface area contributed by atoms with Gasteiger partial charge in [0.05, 0.1) is 23.0 Å². The summed E-state index contributed by atoms with van der Waals surface area (Å²) in [7, 11) is -3.67. The first-order valence-corrected chi connectivity index (χ1v) is 12.6. The molecule has 0 unspecified atom stereocenters. The molecule has 0 radical (unpaired) electrons. The molecule has 2 aromatic rings. The molecule has 0 N–H and O–H groups in total. The first-order valence-electron chi connectivity index (χ1n) is 11.2. The van der Waals surface area contributed by atoms with E-state index in [0.29, 0.717) is 37.6 Å². The highest BCUT2D eigenvalue weighted by Crippen LogP contribution is 2.31. The van der Waals surface area contributed by atoms with E-state index < -0.39 is 14.9 Å². The largest absolute Gasteiger partial charge is 0.378 e. The summed E-state index contributed by atoms with van der Waals surface area (Å²) in [4.78, 5) is 28.0. The van der Waals surface area contributed by atoms with Crippen molar-refractivity contribution in [2.24, 2.45) is 0 Å². The summed E-state index contributed by atoms with van der Waals surface area (Å²) in [6.07, 6.45) is 0. The molecule has 2 aromatic carbocycles. The van der Waals surface area contributed by atoms with E-state index in [9.17, 15) is 23.3 Å². The minimum Gasteiger partial charge on any atom is -0.378 e. The zero-order valence-electron chi connectivity index (χ0n) is 19.3. The van der Waals surface area contributed by atoms with Crippen LogP contribution in [0.4, 0.5) is 11.4 Å². The lowest BCUT2D eigenvalue weighted by molar-refractivity contribution is -0.384. The molecular weight excluding hydrogens is 460 g/mol. The van der Waals surface area contributed by atoms with Gasteiger partial charge in [-0.25, -0.2) is 8.42 Å². The van der Waals surface area contributed by atoms with E-state index in [1.54, 1.807) is 36.1 Å². The fraction of sp³-hybridized carbons (Fsp3) is 0.435. The number of hydrogen-bond donors (Lipinski definition) is 0. The van der Waals surface area contributed by atoms with E-state index in [0.717, 1.165) is 5.56 Å². The van der Waals surface area contributed by atoms with Crippen LogP contribution in [0.2, 0.25) is 0 Å². The number of benzene rings is 2. The molecule has 34 heavy (non-hydrogen) atoms. The first kappa shape index (κ1) is 24.1. The van der Waals surface area contributed by atoms with Gasteiger partial charge in [-0.05, 0) is 43.2 Å². The van der Waals surface area contributed by atoms with Crippen LogP contribution in [0.3, 0.4) is 0 Å². The van der Waals surface area contributed by atoms with Crippen LogP contribution >= 0.6 is 0 Å². The van der Waals surface area contributed by atoms with E-state index in [-0.39, 0.29) is 48.2 Å². The van der Waals surface area contributed by atoms with Crippen molar-refractivity contribution in [3.8, 4) is 0 Å². The number of hydrogen-bond acceptors (Lipinski definition) is 7. The lowest BCUT2D eigenvalue weighted by atomic mass is 10.1. The summed E-state index contributed by atoms with van der Waals surface area (Å²) in [5.74, 6) is -0.347. The quantitative estimate of drug-likeness (QED) is 0.468. The van der Waals surface area contributed by atoms with E-state index in [4.69, 9.17) is 4.74 Å². The van der Waals surface area contributed by atoms with Gasteiger partial charge in [-0.1, -0.05) is 12.1 Å². The Morgan fingerprint density at radius 2 is 1.65 bits per heavy atom. The third-order valence-electron chi connectivity index (χ3n) is 6.26. The summed E-state index contributed by atoms with van der Waals surface area (Å²) in [5.41, 5.74) is 2.10. The fourth-order valence-corrected chi connectivity index (χ4v) is 6.04. The van der Waals surface area contributed by atoms with Crippen LogP contribution in [0.25, 0.3) is 0 Å². The average molecular weight is 489 g/mol. The van der Waals surface area contributed by atoms with Crippen LogP contribution in [0, 0.1) is 24.0 Å². The van der Waals surface area contributed by atoms with Gasteiger partial charge in [0.25, 0.3) is 11.6 Å². The third kappa shape index (κ3) is 4.77. The molecule has 0 bridgehead atoms. The van der Waals surface area contributed by atoms with Gasteiger partial charge in [0.1, 0.15) is 5.69 Å². The number of sulfonamides is 1. The monoisotopic (exact) mass is 488 g/mol. The number of nitro groups is 1. The van der Waals surface area contributed by atoms with Gasteiger partial charge in [0.2, 0.25) is 10.0 Å². The number of carbonyl (C=O) groups is 1. The second-order valence-corrected chi connectivity index (χ2v) is 10.4. The van der Waals surface area contributed by atoms with Crippen molar-refractivity contribution in [1.82, 2.24) is 9.21 Å². The highest BCUT2D eigenvalue weighted by molar-refractivity contribution is 7.89. The van der Waals surface area contributed by atoms with Gasteiger partial charge in [-0.2, -0.15) is 4.31 Å². The topological polar surface area (TPSA) is 113 Å². The van der Waals surface area contributed by atoms with Crippen molar-refractivity contribution in [3.05, 3.63) is 63.2 Å². The molecule has 0 atom stereocenters. The van der Waals surface area contributed by atoms with E-state index >= 15 is 0 Å². The number of nitro benzene ring substituents is 1. The fourth-order valence-electron chi connectivity index (χ4n) is 4.31. The van der Waals surface area contributed by atoms with Gasteiger partial charge in [-0.3, -0.25) is 14.9 Å². The van der Waals surface area contributed by atoms with Crippen molar-refractivity contribution in [1.29, 1.82) is 0 Å². The normalized spacial score (nSPS) is 17.6. The molecule has 2 saturated heterocycles. The molecule has 0 aliphatic carbocycles. The number of amides is 1. The van der Waals surface area contributed by atoms with Crippen LogP contribution < -0.4 is 4.90 Å². The number of morpholine rings is 1. The smallest absolute Gasteiger partial charge is 0.293 e. The molecule has 2 heterocycles. The zero-order valence-corrected chi connectivity index (χ0v) is 20.1. The molecule has 2 fully saturated rings. The Labute approximate surface area is 198 Å². The standard InChI is InChI=1S/C23H28N4O6S/c1-17-3-4-18(2)22(15-17)34(31,32)26-9-7-25(8-10-26)23(28)19-5-6-20(21(16-19)27(29)30)24-11-13-33-14-12-24/h3-6,15-16H,7-14H2,1-2H3. The number of ether oxygens (including phenoxy) is 1. The van der Waals surface area contributed by atoms with Crippen LogP contribution in [-0.2, 0) is 14.8 Å². The van der Waals surface area contributed by atoms with Crippen molar-refractivity contribution in [3.63, 3.8) is 0 Å². The Morgan fingerprint density at radius 1 is 0.971 bits per heavy atom. The Balaban J connectivity index is 1.48. The molecule has 182 valence electrons. The lowest BCUT2D eigenvalue weighted by Crippen LogP contribution is -2.50. The van der Waals surface area contributed by atoms with Gasteiger partial charge in [0, 0.05) is 50.9 Å². The highest BCUT2D eigenvalue weighted by Gasteiger charge is 2.32. The molecule has 2 aliphatic heterocycles. The number of piperazine rings is 1. The van der Waals surface area contributed by atoms with E-state index in [2.05, 4.69) is 0 Å². The third-order valence-corrected chi connectivity index (χ3v) is 8.30. The number of rotatable bonds is 5. The molecular formula is C23H28N4O6S. The SMILES string of the molecule is Cc1ccc(C)c(S(=O)(=O)N2CCN(C(=O)c3ccc(N4CCOCC4)c([N+](=O)[O-])c3)CC2)c1. The van der Waals surface area contributed by atoms with Crippen LogP contribution in [0.1, 0.15) is 21.5 Å². The van der Waals surface area contributed by atoms with Crippen molar-refractivity contribution in [2.75, 3.05) is 57.4 Å². The minimum atomic E-state index is -3.67. The summed E-state index contributed by atoms with van der Waals surface area (Å²) in [5, 5.41) is 11.7. The van der Waals surface area contributed by atoms with E-state index in [1.807, 2.05) is 17.9 Å². The molecule has 0 spiro atoms. The zero-order chi connectivity index (χ0) is 24.5. The predicted molar refractivity (Wildman–Crippen MR) is 127 cm³/mol. The van der Waals surface area contributed by atoms with Gasteiger partial charge in [0.15, 0.2) is 0 Å². The first-order chi connectivity index (χ1) is 16.2. The summed E-state index contributed by atoms with van der Waals surface area (Å²) in [6, 6.07) is 9.84. The predicted octanol–water partition coefficient (Wildman–Crippen LogP) is 2.19. The van der Waals surface area contributed by atoms with Crippen molar-refractivity contribution >= 4 is 27.3 Å². The summed E-state index contributed by atoms with van der Waals surface area (Å²) < 4.78 is 33.0. The number of aryl methyl sites for hydroxylation is 2. The lowest BCUT2D eigenvalue weighted by Gasteiger charge is -2.34. The van der Waals surface area contributed by atoms with Gasteiger partial charge < -0.3 is 14.5 Å². The van der Waals surface area contributed by atoms with Crippen molar-refractivity contribution in [2.45, 2.75) is 18.7 Å². The molecule has 2 aliphatic rings. The minimum absolute atomic E-state index is 0.121. The molecule has 4 rings (SSSR count). The second kappa shape index (κ2) is 9.69. The molecule has 10 nitrogen and oxygen atoms in total. The van der Waals surface area contributed by atoms with Crippen LogP contribution in [-0.4, -0.2) is 80.9 Å².